The van der Waals surface area contributed by atoms with Gasteiger partial charge in [0.05, 0.1) is 0 Å². The molecule has 1 atom stereocenters. The van der Waals surface area contributed by atoms with E-state index in [9.17, 15) is 4.79 Å². The fourth-order valence-electron chi connectivity index (χ4n) is 1.50. The number of carbonyl (C=O) groups is 1. The molecule has 0 aliphatic carbocycles. The van der Waals surface area contributed by atoms with Crippen molar-refractivity contribution < 1.29 is 9.90 Å². The van der Waals surface area contributed by atoms with Gasteiger partial charge < -0.3 is 10.4 Å². The summed E-state index contributed by atoms with van der Waals surface area (Å²) in [5, 5.41) is 12.0. The molecular formula is C13H19ClN2O2. The molecule has 100 valence electrons. The maximum atomic E-state index is 11.9. The zero-order chi connectivity index (χ0) is 13.5. The third-order valence-electron chi connectivity index (χ3n) is 2.54. The third-order valence-corrected chi connectivity index (χ3v) is 2.73. The van der Waals surface area contributed by atoms with Gasteiger partial charge in [0.25, 0.3) is 5.91 Å². The molecule has 0 fully saturated rings. The van der Waals surface area contributed by atoms with E-state index in [2.05, 4.69) is 10.3 Å². The Morgan fingerprint density at radius 3 is 2.89 bits per heavy atom. The van der Waals surface area contributed by atoms with Gasteiger partial charge in [0.2, 0.25) is 0 Å². The average molecular weight is 271 g/mol. The van der Waals surface area contributed by atoms with Crippen LogP contribution in [-0.2, 0) is 6.42 Å². The molecule has 0 saturated carbocycles. The first-order chi connectivity index (χ1) is 8.56. The molecular weight excluding hydrogens is 252 g/mol. The Labute approximate surface area is 112 Å². The van der Waals surface area contributed by atoms with Crippen LogP contribution in [0.5, 0.6) is 0 Å². The summed E-state index contributed by atoms with van der Waals surface area (Å²) in [6.07, 6.45) is 1.75. The number of halogens is 1. The van der Waals surface area contributed by atoms with E-state index in [0.717, 1.165) is 18.5 Å². The molecule has 1 rings (SSSR count). The second kappa shape index (κ2) is 7.34. The van der Waals surface area contributed by atoms with Crippen LogP contribution in [0, 0.1) is 5.92 Å². The Morgan fingerprint density at radius 1 is 1.56 bits per heavy atom. The first-order valence-corrected chi connectivity index (χ1v) is 6.50. The van der Waals surface area contributed by atoms with Crippen molar-refractivity contribution in [2.24, 2.45) is 5.92 Å². The number of aliphatic hydroxyl groups is 1. The summed E-state index contributed by atoms with van der Waals surface area (Å²) < 4.78 is 0. The van der Waals surface area contributed by atoms with Crippen LogP contribution < -0.4 is 5.32 Å². The largest absolute Gasteiger partial charge is 0.396 e. The van der Waals surface area contributed by atoms with Gasteiger partial charge in [0.1, 0.15) is 5.15 Å². The van der Waals surface area contributed by atoms with E-state index in [4.69, 9.17) is 16.7 Å². The van der Waals surface area contributed by atoms with Crippen molar-refractivity contribution in [1.82, 2.24) is 10.3 Å². The normalized spacial score (nSPS) is 12.2. The van der Waals surface area contributed by atoms with Crippen LogP contribution in [0.2, 0.25) is 5.15 Å². The molecule has 0 aliphatic rings. The first-order valence-electron chi connectivity index (χ1n) is 6.12. The predicted molar refractivity (Wildman–Crippen MR) is 71.8 cm³/mol. The van der Waals surface area contributed by atoms with E-state index in [1.807, 2.05) is 13.8 Å². The van der Waals surface area contributed by atoms with Crippen LogP contribution in [0.15, 0.2) is 12.1 Å². The lowest BCUT2D eigenvalue weighted by Gasteiger charge is -2.10. The maximum absolute atomic E-state index is 11.9. The van der Waals surface area contributed by atoms with Crippen molar-refractivity contribution in [3.8, 4) is 0 Å². The molecule has 1 heterocycles. The number of aryl methyl sites for hydroxylation is 1. The minimum absolute atomic E-state index is 0.0429. The van der Waals surface area contributed by atoms with Crippen molar-refractivity contribution in [3.63, 3.8) is 0 Å². The fourth-order valence-corrected chi connectivity index (χ4v) is 1.73. The summed E-state index contributed by atoms with van der Waals surface area (Å²) in [7, 11) is 0. The summed E-state index contributed by atoms with van der Waals surface area (Å²) in [6.45, 7) is 4.41. The van der Waals surface area contributed by atoms with E-state index < -0.39 is 0 Å². The Kier molecular flexibility index (Phi) is 6.09. The Hall–Kier alpha value is -1.13. The molecule has 1 amide bonds. The number of nitrogens with zero attached hydrogens (tertiary/aromatic N) is 1. The molecule has 1 aromatic heterocycles. The van der Waals surface area contributed by atoms with Crippen molar-refractivity contribution >= 4 is 17.5 Å². The van der Waals surface area contributed by atoms with Gasteiger partial charge >= 0.3 is 0 Å². The second-order valence-electron chi connectivity index (χ2n) is 4.42. The number of hydrogen-bond acceptors (Lipinski definition) is 3. The molecule has 0 aromatic carbocycles. The van der Waals surface area contributed by atoms with Crippen molar-refractivity contribution in [1.29, 1.82) is 0 Å². The number of rotatable bonds is 6. The zero-order valence-electron chi connectivity index (χ0n) is 10.7. The van der Waals surface area contributed by atoms with E-state index in [0.29, 0.717) is 17.3 Å². The van der Waals surface area contributed by atoms with E-state index >= 15 is 0 Å². The molecule has 4 nitrogen and oxygen atoms in total. The minimum Gasteiger partial charge on any atom is -0.396 e. The highest BCUT2D eigenvalue weighted by molar-refractivity contribution is 6.29. The Morgan fingerprint density at radius 2 is 2.28 bits per heavy atom. The minimum atomic E-state index is -0.183. The topological polar surface area (TPSA) is 62.2 Å². The molecule has 0 saturated heterocycles. The van der Waals surface area contributed by atoms with Crippen molar-refractivity contribution in [2.45, 2.75) is 26.7 Å². The number of aromatic nitrogens is 1. The lowest BCUT2D eigenvalue weighted by atomic mass is 10.1. The first kappa shape index (κ1) is 14.9. The van der Waals surface area contributed by atoms with E-state index in [1.165, 1.54) is 0 Å². The predicted octanol–water partition coefficient (Wildman–Crippen LogP) is 2.05. The number of pyridine rings is 1. The number of amides is 1. The standard InChI is InChI=1S/C13H19ClN2O2/c1-3-4-11-5-10(6-12(14)16-11)13(18)15-7-9(2)8-17/h5-6,9,17H,3-4,7-8H2,1-2H3,(H,15,18). The highest BCUT2D eigenvalue weighted by atomic mass is 35.5. The van der Waals surface area contributed by atoms with Crippen molar-refractivity contribution in [2.75, 3.05) is 13.2 Å². The van der Waals surface area contributed by atoms with Gasteiger partial charge in [0.15, 0.2) is 0 Å². The highest BCUT2D eigenvalue weighted by Crippen LogP contribution is 2.12. The van der Waals surface area contributed by atoms with Crippen LogP contribution in [0.3, 0.4) is 0 Å². The fraction of sp³-hybridized carbons (Fsp3) is 0.538. The quantitative estimate of drug-likeness (QED) is 0.778. The summed E-state index contributed by atoms with van der Waals surface area (Å²) in [5.41, 5.74) is 1.34. The molecule has 1 unspecified atom stereocenters. The van der Waals surface area contributed by atoms with Gasteiger partial charge in [-0.3, -0.25) is 4.79 Å². The lowest BCUT2D eigenvalue weighted by Crippen LogP contribution is -2.29. The monoisotopic (exact) mass is 270 g/mol. The van der Waals surface area contributed by atoms with Crippen LogP contribution in [0.1, 0.15) is 36.3 Å². The van der Waals surface area contributed by atoms with Crippen LogP contribution in [0.4, 0.5) is 0 Å². The summed E-state index contributed by atoms with van der Waals surface area (Å²) >= 11 is 5.89. The van der Waals surface area contributed by atoms with Gasteiger partial charge in [-0.15, -0.1) is 0 Å². The molecule has 1 aromatic rings. The Balaban J connectivity index is 2.72. The van der Waals surface area contributed by atoms with E-state index in [-0.39, 0.29) is 18.4 Å². The molecule has 2 N–H and O–H groups in total. The highest BCUT2D eigenvalue weighted by Gasteiger charge is 2.10. The van der Waals surface area contributed by atoms with E-state index in [1.54, 1.807) is 12.1 Å². The van der Waals surface area contributed by atoms with Gasteiger partial charge in [-0.1, -0.05) is 31.9 Å². The summed E-state index contributed by atoms with van der Waals surface area (Å²) in [6, 6.07) is 3.31. The molecule has 5 heteroatoms. The SMILES string of the molecule is CCCc1cc(C(=O)NCC(C)CO)cc(Cl)n1. The molecule has 0 spiro atoms. The average Bonchev–Trinajstić information content (AvgIpc) is 2.35. The second-order valence-corrected chi connectivity index (χ2v) is 4.80. The van der Waals surface area contributed by atoms with Gasteiger partial charge in [0, 0.05) is 24.4 Å². The van der Waals surface area contributed by atoms with Crippen LogP contribution in [0.25, 0.3) is 0 Å². The summed E-state index contributed by atoms with van der Waals surface area (Å²) in [4.78, 5) is 16.1. The number of hydrogen-bond donors (Lipinski definition) is 2. The third kappa shape index (κ3) is 4.63. The molecule has 0 bridgehead atoms. The Bertz CT molecular complexity index is 410. The summed E-state index contributed by atoms with van der Waals surface area (Å²) in [5.74, 6) is -0.140. The molecule has 18 heavy (non-hydrogen) atoms. The molecule has 0 aliphatic heterocycles. The smallest absolute Gasteiger partial charge is 0.251 e. The molecule has 0 radical (unpaired) electrons. The number of nitrogens with one attached hydrogen (secondary N) is 1. The van der Waals surface area contributed by atoms with Gasteiger partial charge in [-0.25, -0.2) is 4.98 Å². The van der Waals surface area contributed by atoms with Crippen LogP contribution >= 0.6 is 11.6 Å². The maximum Gasteiger partial charge on any atom is 0.251 e. The lowest BCUT2D eigenvalue weighted by molar-refractivity contribution is 0.0942. The van der Waals surface area contributed by atoms with Gasteiger partial charge in [-0.2, -0.15) is 0 Å². The zero-order valence-corrected chi connectivity index (χ0v) is 11.5. The number of aliphatic hydroxyl groups excluding tert-OH is 1. The van der Waals surface area contributed by atoms with Gasteiger partial charge in [-0.05, 0) is 24.5 Å². The van der Waals surface area contributed by atoms with Crippen molar-refractivity contribution in [3.05, 3.63) is 28.5 Å². The van der Waals surface area contributed by atoms with Crippen LogP contribution in [-0.4, -0.2) is 29.1 Å². The number of carbonyl (C=O) groups excluding carboxylic acids is 1.